The topological polar surface area (TPSA) is 84.7 Å². The summed E-state index contributed by atoms with van der Waals surface area (Å²) in [5.74, 6) is 0.0341. The first kappa shape index (κ1) is 12.2. The molecule has 3 rings (SSSR count). The highest BCUT2D eigenvalue weighted by Crippen LogP contribution is 2.28. The van der Waals surface area contributed by atoms with Crippen LogP contribution >= 0.6 is 0 Å². The number of aromatic nitrogens is 1. The molecular weight excluding hydrogens is 250 g/mol. The maximum atomic E-state index is 12.1. The van der Waals surface area contributed by atoms with E-state index in [0.717, 1.165) is 0 Å². The van der Waals surface area contributed by atoms with Crippen molar-refractivity contribution in [3.63, 3.8) is 0 Å². The zero-order chi connectivity index (χ0) is 13.3. The third-order valence-corrected chi connectivity index (χ3v) is 3.73. The van der Waals surface area contributed by atoms with Crippen LogP contribution in [0.15, 0.2) is 16.8 Å². The van der Waals surface area contributed by atoms with Gasteiger partial charge in [0.15, 0.2) is 0 Å². The normalized spacial score (nSPS) is 22.3. The second kappa shape index (κ2) is 4.65. The molecule has 0 saturated carbocycles. The summed E-state index contributed by atoms with van der Waals surface area (Å²) >= 11 is 0. The summed E-state index contributed by atoms with van der Waals surface area (Å²) in [6, 6.07) is 1.56. The van der Waals surface area contributed by atoms with Gasteiger partial charge in [0.25, 0.3) is 5.91 Å². The molecule has 2 aliphatic rings. The van der Waals surface area contributed by atoms with Crippen molar-refractivity contribution in [2.75, 3.05) is 26.2 Å². The van der Waals surface area contributed by atoms with E-state index < -0.39 is 0 Å². The number of amides is 2. The molecule has 1 spiro atoms. The number of piperidine rings is 1. The van der Waals surface area contributed by atoms with Gasteiger partial charge in [-0.2, -0.15) is 0 Å². The summed E-state index contributed by atoms with van der Waals surface area (Å²) in [4.78, 5) is 24.9. The first-order chi connectivity index (χ1) is 9.19. The highest BCUT2D eigenvalue weighted by Gasteiger charge is 2.40. The fourth-order valence-electron chi connectivity index (χ4n) is 2.50. The minimum absolute atomic E-state index is 0.0780. The summed E-state index contributed by atoms with van der Waals surface area (Å²) in [6.07, 6.45) is 2.89. The number of carbonyl (C=O) groups excluding carboxylic acids is 2. The van der Waals surface area contributed by atoms with Crippen LogP contribution in [0.3, 0.4) is 0 Å². The Morgan fingerprint density at radius 3 is 2.79 bits per heavy atom. The zero-order valence-electron chi connectivity index (χ0n) is 10.4. The lowest BCUT2D eigenvalue weighted by molar-refractivity contribution is -0.149. The number of rotatable bonds is 1. The Labute approximate surface area is 109 Å². The standard InChI is InChI=1S/C12H15N3O4/c16-10-7-18-12(8-13-10)2-5-15(6-3-12)11(17)9-1-4-14-19-9/h1,4H,2-3,5-8H2,(H,13,16). The quantitative estimate of drug-likeness (QED) is 0.760. The molecule has 0 unspecified atom stereocenters. The molecule has 19 heavy (non-hydrogen) atoms. The van der Waals surface area contributed by atoms with Crippen molar-refractivity contribution in [2.24, 2.45) is 0 Å². The van der Waals surface area contributed by atoms with Crippen molar-refractivity contribution in [3.8, 4) is 0 Å². The first-order valence-corrected chi connectivity index (χ1v) is 6.29. The number of carbonyl (C=O) groups is 2. The number of hydrogen-bond donors (Lipinski definition) is 1. The van der Waals surface area contributed by atoms with Crippen molar-refractivity contribution in [1.29, 1.82) is 0 Å². The Morgan fingerprint density at radius 1 is 1.42 bits per heavy atom. The summed E-state index contributed by atoms with van der Waals surface area (Å²) in [5, 5.41) is 6.35. The molecule has 2 aliphatic heterocycles. The first-order valence-electron chi connectivity index (χ1n) is 6.29. The van der Waals surface area contributed by atoms with E-state index in [1.54, 1.807) is 11.0 Å². The molecule has 102 valence electrons. The lowest BCUT2D eigenvalue weighted by atomic mass is 9.90. The minimum Gasteiger partial charge on any atom is -0.363 e. The zero-order valence-corrected chi connectivity index (χ0v) is 10.4. The summed E-state index contributed by atoms with van der Waals surface area (Å²) in [6.45, 7) is 1.82. The van der Waals surface area contributed by atoms with E-state index in [1.165, 1.54) is 6.20 Å². The number of nitrogens with zero attached hydrogens (tertiary/aromatic N) is 2. The summed E-state index contributed by atoms with van der Waals surface area (Å²) < 4.78 is 10.5. The molecule has 2 fully saturated rings. The molecule has 1 N–H and O–H groups in total. The van der Waals surface area contributed by atoms with Crippen molar-refractivity contribution >= 4 is 11.8 Å². The smallest absolute Gasteiger partial charge is 0.292 e. The third kappa shape index (κ3) is 2.33. The van der Waals surface area contributed by atoms with E-state index in [1.807, 2.05) is 0 Å². The predicted molar refractivity (Wildman–Crippen MR) is 63.3 cm³/mol. The molecule has 3 heterocycles. The predicted octanol–water partition coefficient (Wildman–Crippen LogP) is -0.204. The lowest BCUT2D eigenvalue weighted by Crippen LogP contribution is -2.57. The molecule has 2 saturated heterocycles. The SMILES string of the molecule is O=C1COC2(CCN(C(=O)c3ccno3)CC2)CN1. The van der Waals surface area contributed by atoms with Gasteiger partial charge in [-0.1, -0.05) is 5.16 Å². The number of nitrogens with one attached hydrogen (secondary N) is 1. The average molecular weight is 265 g/mol. The molecule has 0 radical (unpaired) electrons. The maximum Gasteiger partial charge on any atom is 0.292 e. The second-order valence-electron chi connectivity index (χ2n) is 4.92. The van der Waals surface area contributed by atoms with E-state index in [9.17, 15) is 9.59 Å². The second-order valence-corrected chi connectivity index (χ2v) is 4.92. The molecule has 0 aromatic carbocycles. The molecule has 1 aromatic rings. The van der Waals surface area contributed by atoms with Gasteiger partial charge in [0.05, 0.1) is 11.8 Å². The van der Waals surface area contributed by atoms with Crippen LogP contribution in [0.5, 0.6) is 0 Å². The third-order valence-electron chi connectivity index (χ3n) is 3.73. The fraction of sp³-hybridized carbons (Fsp3) is 0.583. The van der Waals surface area contributed by atoms with E-state index in [0.29, 0.717) is 32.5 Å². The monoisotopic (exact) mass is 265 g/mol. The van der Waals surface area contributed by atoms with Gasteiger partial charge in [0, 0.05) is 25.7 Å². The Kier molecular flexibility index (Phi) is 2.98. The number of likely N-dealkylation sites (tertiary alicyclic amines) is 1. The molecule has 0 atom stereocenters. The van der Waals surface area contributed by atoms with Gasteiger partial charge in [-0.3, -0.25) is 9.59 Å². The van der Waals surface area contributed by atoms with Gasteiger partial charge in [-0.05, 0) is 12.8 Å². The summed E-state index contributed by atoms with van der Waals surface area (Å²) in [7, 11) is 0. The highest BCUT2D eigenvalue weighted by molar-refractivity contribution is 5.91. The van der Waals surface area contributed by atoms with Crippen LogP contribution in [-0.2, 0) is 9.53 Å². The van der Waals surface area contributed by atoms with Gasteiger partial charge >= 0.3 is 0 Å². The van der Waals surface area contributed by atoms with Crippen LogP contribution in [0, 0.1) is 0 Å². The Morgan fingerprint density at radius 2 is 2.21 bits per heavy atom. The maximum absolute atomic E-state index is 12.1. The van der Waals surface area contributed by atoms with Crippen LogP contribution in [-0.4, -0.2) is 53.7 Å². The molecular formula is C12H15N3O4. The largest absolute Gasteiger partial charge is 0.363 e. The van der Waals surface area contributed by atoms with E-state index >= 15 is 0 Å². The highest BCUT2D eigenvalue weighted by atomic mass is 16.5. The minimum atomic E-state index is -0.313. The Hall–Kier alpha value is -1.89. The fourth-order valence-corrected chi connectivity index (χ4v) is 2.50. The van der Waals surface area contributed by atoms with Crippen LogP contribution in [0.2, 0.25) is 0 Å². The average Bonchev–Trinajstić information content (AvgIpc) is 2.97. The summed E-state index contributed by atoms with van der Waals surface area (Å²) in [5.41, 5.74) is -0.313. The lowest BCUT2D eigenvalue weighted by Gasteiger charge is -2.43. The van der Waals surface area contributed by atoms with Gasteiger partial charge in [0.2, 0.25) is 11.7 Å². The number of hydrogen-bond acceptors (Lipinski definition) is 5. The molecule has 0 bridgehead atoms. The molecule has 2 amide bonds. The van der Waals surface area contributed by atoms with Gasteiger partial charge in [-0.25, -0.2) is 0 Å². The van der Waals surface area contributed by atoms with E-state index in [4.69, 9.17) is 9.26 Å². The van der Waals surface area contributed by atoms with Crippen LogP contribution in [0.1, 0.15) is 23.4 Å². The van der Waals surface area contributed by atoms with Crippen molar-refractivity contribution in [1.82, 2.24) is 15.4 Å². The molecule has 7 nitrogen and oxygen atoms in total. The Balaban J connectivity index is 1.60. The van der Waals surface area contributed by atoms with Crippen LogP contribution < -0.4 is 5.32 Å². The van der Waals surface area contributed by atoms with Crippen LogP contribution in [0.4, 0.5) is 0 Å². The number of morpholine rings is 1. The van der Waals surface area contributed by atoms with E-state index in [2.05, 4.69) is 10.5 Å². The molecule has 1 aromatic heterocycles. The van der Waals surface area contributed by atoms with Gasteiger partial charge in [0.1, 0.15) is 6.61 Å². The van der Waals surface area contributed by atoms with E-state index in [-0.39, 0.29) is 29.8 Å². The van der Waals surface area contributed by atoms with Gasteiger partial charge < -0.3 is 19.5 Å². The van der Waals surface area contributed by atoms with Gasteiger partial charge in [-0.15, -0.1) is 0 Å². The molecule has 0 aliphatic carbocycles. The van der Waals surface area contributed by atoms with Crippen molar-refractivity contribution in [2.45, 2.75) is 18.4 Å². The number of ether oxygens (including phenoxy) is 1. The molecule has 7 heteroatoms. The van der Waals surface area contributed by atoms with Crippen LogP contribution in [0.25, 0.3) is 0 Å². The Bertz CT molecular complexity index is 465. The van der Waals surface area contributed by atoms with Crippen molar-refractivity contribution in [3.05, 3.63) is 18.0 Å². The van der Waals surface area contributed by atoms with Crippen molar-refractivity contribution < 1.29 is 18.8 Å².